The molecule has 0 aliphatic carbocycles. The van der Waals surface area contributed by atoms with Crippen LogP contribution in [0.5, 0.6) is 0 Å². The molecule has 1 N–H and O–H groups in total. The van der Waals surface area contributed by atoms with E-state index in [-0.39, 0.29) is 5.82 Å². The third-order valence-electron chi connectivity index (χ3n) is 2.03. The Morgan fingerprint density at radius 1 is 1.33 bits per heavy atom. The molecule has 2 aromatic rings. The van der Waals surface area contributed by atoms with Crippen LogP contribution in [0.25, 0.3) is 11.3 Å². The van der Waals surface area contributed by atoms with E-state index >= 15 is 0 Å². The molecule has 0 saturated heterocycles. The SMILES string of the molecule is Cc1cc(F)cc(-c2ccnc(=S)[nH]2)c1. The van der Waals surface area contributed by atoms with E-state index in [4.69, 9.17) is 12.2 Å². The zero-order chi connectivity index (χ0) is 10.8. The molecule has 0 fully saturated rings. The number of hydrogen-bond acceptors (Lipinski definition) is 2. The summed E-state index contributed by atoms with van der Waals surface area (Å²) in [7, 11) is 0. The highest BCUT2D eigenvalue weighted by molar-refractivity contribution is 7.71. The van der Waals surface area contributed by atoms with Gasteiger partial charge in [0.1, 0.15) is 5.82 Å². The van der Waals surface area contributed by atoms with Crippen LogP contribution in [0.15, 0.2) is 30.5 Å². The molecular weight excluding hydrogens is 211 g/mol. The summed E-state index contributed by atoms with van der Waals surface area (Å²) in [5, 5.41) is 0. The van der Waals surface area contributed by atoms with E-state index in [0.717, 1.165) is 16.8 Å². The molecule has 2 rings (SSSR count). The van der Waals surface area contributed by atoms with Gasteiger partial charge in [-0.15, -0.1) is 0 Å². The molecule has 0 amide bonds. The maximum absolute atomic E-state index is 13.2. The third kappa shape index (κ3) is 2.27. The Morgan fingerprint density at radius 2 is 2.13 bits per heavy atom. The van der Waals surface area contributed by atoms with Crippen LogP contribution in [-0.2, 0) is 0 Å². The highest BCUT2D eigenvalue weighted by Crippen LogP contribution is 2.18. The van der Waals surface area contributed by atoms with E-state index < -0.39 is 0 Å². The van der Waals surface area contributed by atoms with Crippen molar-refractivity contribution in [3.05, 3.63) is 46.6 Å². The lowest BCUT2D eigenvalue weighted by Gasteiger charge is -2.03. The Labute approximate surface area is 91.8 Å². The number of hydrogen-bond donors (Lipinski definition) is 1. The Hall–Kier alpha value is -1.55. The highest BCUT2D eigenvalue weighted by atomic mass is 32.1. The predicted octanol–water partition coefficient (Wildman–Crippen LogP) is 3.25. The van der Waals surface area contributed by atoms with Crippen LogP contribution < -0.4 is 0 Å². The Kier molecular flexibility index (Phi) is 2.60. The molecule has 0 unspecified atom stereocenters. The van der Waals surface area contributed by atoms with Crippen molar-refractivity contribution in [1.82, 2.24) is 9.97 Å². The van der Waals surface area contributed by atoms with Gasteiger partial charge in [-0.3, -0.25) is 0 Å². The second-order valence-corrected chi connectivity index (χ2v) is 3.69. The van der Waals surface area contributed by atoms with Crippen LogP contribution in [-0.4, -0.2) is 9.97 Å². The fourth-order valence-electron chi connectivity index (χ4n) is 1.43. The van der Waals surface area contributed by atoms with Crippen molar-refractivity contribution in [2.24, 2.45) is 0 Å². The number of benzene rings is 1. The summed E-state index contributed by atoms with van der Waals surface area (Å²) in [5.41, 5.74) is 2.43. The van der Waals surface area contributed by atoms with Gasteiger partial charge in [-0.05, 0) is 49.0 Å². The molecular formula is C11H9FN2S. The van der Waals surface area contributed by atoms with E-state index in [1.807, 2.05) is 13.0 Å². The number of aryl methyl sites for hydroxylation is 1. The summed E-state index contributed by atoms with van der Waals surface area (Å²) in [6.07, 6.45) is 1.61. The summed E-state index contributed by atoms with van der Waals surface area (Å²) in [5.74, 6) is -0.249. The van der Waals surface area contributed by atoms with Gasteiger partial charge >= 0.3 is 0 Å². The van der Waals surface area contributed by atoms with Gasteiger partial charge in [0.25, 0.3) is 0 Å². The van der Waals surface area contributed by atoms with Crippen molar-refractivity contribution in [2.45, 2.75) is 6.92 Å². The molecule has 0 atom stereocenters. The quantitative estimate of drug-likeness (QED) is 0.747. The summed E-state index contributed by atoms with van der Waals surface area (Å²) < 4.78 is 13.6. The van der Waals surface area contributed by atoms with Gasteiger partial charge in [-0.25, -0.2) is 9.37 Å². The van der Waals surface area contributed by atoms with Gasteiger partial charge in [0, 0.05) is 17.5 Å². The van der Waals surface area contributed by atoms with Crippen molar-refractivity contribution < 1.29 is 4.39 Å². The van der Waals surface area contributed by atoms with E-state index in [2.05, 4.69) is 9.97 Å². The summed E-state index contributed by atoms with van der Waals surface area (Å²) in [6, 6.07) is 6.61. The smallest absolute Gasteiger partial charge is 0.197 e. The van der Waals surface area contributed by atoms with E-state index in [9.17, 15) is 4.39 Å². The molecule has 4 heteroatoms. The fraction of sp³-hybridized carbons (Fsp3) is 0.0909. The van der Waals surface area contributed by atoms with Crippen molar-refractivity contribution in [3.8, 4) is 11.3 Å². The van der Waals surface area contributed by atoms with Crippen molar-refractivity contribution >= 4 is 12.2 Å². The molecule has 0 bridgehead atoms. The van der Waals surface area contributed by atoms with Crippen LogP contribution in [0.4, 0.5) is 4.39 Å². The fourth-order valence-corrected chi connectivity index (χ4v) is 1.60. The molecule has 1 aromatic heterocycles. The monoisotopic (exact) mass is 220 g/mol. The lowest BCUT2D eigenvalue weighted by molar-refractivity contribution is 0.627. The number of nitrogens with one attached hydrogen (secondary N) is 1. The maximum Gasteiger partial charge on any atom is 0.197 e. The number of rotatable bonds is 1. The van der Waals surface area contributed by atoms with Crippen molar-refractivity contribution in [2.75, 3.05) is 0 Å². The second kappa shape index (κ2) is 3.90. The molecule has 1 aromatic carbocycles. The minimum Gasteiger partial charge on any atom is -0.330 e. The standard InChI is InChI=1S/C11H9FN2S/c1-7-4-8(6-9(12)5-7)10-2-3-13-11(15)14-10/h2-6H,1H3,(H,13,14,15). The minimum atomic E-state index is -0.249. The van der Waals surface area contributed by atoms with Gasteiger partial charge in [0.15, 0.2) is 4.77 Å². The van der Waals surface area contributed by atoms with Gasteiger partial charge in [-0.1, -0.05) is 0 Å². The molecule has 0 radical (unpaired) electrons. The number of nitrogens with zero attached hydrogens (tertiary/aromatic N) is 1. The maximum atomic E-state index is 13.2. The molecule has 0 spiro atoms. The number of aromatic nitrogens is 2. The highest BCUT2D eigenvalue weighted by Gasteiger charge is 2.01. The first kappa shape index (κ1) is 9.98. The Balaban J connectivity index is 2.58. The van der Waals surface area contributed by atoms with Crippen molar-refractivity contribution in [1.29, 1.82) is 0 Å². The average Bonchev–Trinajstić information content (AvgIpc) is 2.16. The molecule has 15 heavy (non-hydrogen) atoms. The van der Waals surface area contributed by atoms with Gasteiger partial charge in [-0.2, -0.15) is 0 Å². The first-order valence-corrected chi connectivity index (χ1v) is 4.89. The lowest BCUT2D eigenvalue weighted by Crippen LogP contribution is -1.88. The number of H-pyrrole nitrogens is 1. The zero-order valence-electron chi connectivity index (χ0n) is 8.12. The van der Waals surface area contributed by atoms with E-state index in [0.29, 0.717) is 4.77 Å². The number of halogens is 1. The lowest BCUT2D eigenvalue weighted by atomic mass is 10.1. The van der Waals surface area contributed by atoms with Crippen LogP contribution in [0.3, 0.4) is 0 Å². The van der Waals surface area contributed by atoms with Crippen LogP contribution in [0, 0.1) is 17.5 Å². The van der Waals surface area contributed by atoms with Crippen LogP contribution >= 0.6 is 12.2 Å². The first-order valence-electron chi connectivity index (χ1n) is 4.48. The zero-order valence-corrected chi connectivity index (χ0v) is 8.94. The molecule has 2 nitrogen and oxygen atoms in total. The summed E-state index contributed by atoms with van der Waals surface area (Å²) >= 11 is 4.90. The van der Waals surface area contributed by atoms with Gasteiger partial charge in [0.2, 0.25) is 0 Å². The predicted molar refractivity (Wildman–Crippen MR) is 59.6 cm³/mol. The summed E-state index contributed by atoms with van der Waals surface area (Å²) in [4.78, 5) is 6.79. The molecule has 0 aliphatic rings. The van der Waals surface area contributed by atoms with E-state index in [1.54, 1.807) is 12.3 Å². The molecule has 0 saturated carbocycles. The van der Waals surface area contributed by atoms with Gasteiger partial charge in [0.05, 0.1) is 0 Å². The third-order valence-corrected chi connectivity index (χ3v) is 2.24. The summed E-state index contributed by atoms with van der Waals surface area (Å²) in [6.45, 7) is 1.85. The molecule has 76 valence electrons. The largest absolute Gasteiger partial charge is 0.330 e. The Bertz CT molecular complexity index is 528. The van der Waals surface area contributed by atoms with Crippen LogP contribution in [0.2, 0.25) is 0 Å². The molecule has 0 aliphatic heterocycles. The second-order valence-electron chi connectivity index (χ2n) is 3.31. The van der Waals surface area contributed by atoms with E-state index in [1.165, 1.54) is 12.1 Å². The topological polar surface area (TPSA) is 28.7 Å². The van der Waals surface area contributed by atoms with Crippen LogP contribution in [0.1, 0.15) is 5.56 Å². The molecule has 1 heterocycles. The normalized spacial score (nSPS) is 10.3. The number of aromatic amines is 1. The Morgan fingerprint density at radius 3 is 2.80 bits per heavy atom. The van der Waals surface area contributed by atoms with Crippen molar-refractivity contribution in [3.63, 3.8) is 0 Å². The minimum absolute atomic E-state index is 0.249. The average molecular weight is 220 g/mol. The first-order chi connectivity index (χ1) is 7.15. The van der Waals surface area contributed by atoms with Gasteiger partial charge < -0.3 is 4.98 Å².